The molecule has 0 amide bonds. The van der Waals surface area contributed by atoms with Crippen LogP contribution in [0.15, 0.2) is 30.5 Å². The SMILES string of the molecule is COC(=O)c1c(N)c(C#N)cn1-c1cccc(NS(C)(=O)=O)c1. The minimum absolute atomic E-state index is 0.000514. The lowest BCUT2D eigenvalue weighted by Gasteiger charge is -2.10. The summed E-state index contributed by atoms with van der Waals surface area (Å²) in [6, 6.07) is 8.20. The van der Waals surface area contributed by atoms with Crippen LogP contribution in [0.1, 0.15) is 16.1 Å². The van der Waals surface area contributed by atoms with Gasteiger partial charge in [-0.3, -0.25) is 4.72 Å². The molecule has 0 bridgehead atoms. The number of nitriles is 1. The molecule has 3 N–H and O–H groups in total. The number of methoxy groups -OCH3 is 1. The van der Waals surface area contributed by atoms with E-state index in [0.29, 0.717) is 11.4 Å². The van der Waals surface area contributed by atoms with Crippen molar-refractivity contribution in [3.05, 3.63) is 41.7 Å². The second-order valence-corrected chi connectivity index (χ2v) is 6.45. The molecule has 0 radical (unpaired) electrons. The van der Waals surface area contributed by atoms with Gasteiger partial charge in [-0.15, -0.1) is 0 Å². The lowest BCUT2D eigenvalue weighted by molar-refractivity contribution is 0.0593. The molecule has 0 saturated carbocycles. The van der Waals surface area contributed by atoms with E-state index in [1.165, 1.54) is 23.9 Å². The fourth-order valence-electron chi connectivity index (χ4n) is 2.05. The number of rotatable bonds is 4. The molecule has 0 unspecified atom stereocenters. The van der Waals surface area contributed by atoms with E-state index in [4.69, 9.17) is 11.0 Å². The third-order valence-corrected chi connectivity index (χ3v) is 3.58. The monoisotopic (exact) mass is 334 g/mol. The van der Waals surface area contributed by atoms with Crippen LogP contribution in [0.5, 0.6) is 0 Å². The number of aromatic nitrogens is 1. The molecule has 0 aliphatic heterocycles. The fraction of sp³-hybridized carbons (Fsp3) is 0.143. The largest absolute Gasteiger partial charge is 0.464 e. The van der Waals surface area contributed by atoms with Gasteiger partial charge < -0.3 is 15.0 Å². The Kier molecular flexibility index (Phi) is 4.29. The summed E-state index contributed by atoms with van der Waals surface area (Å²) < 4.78 is 31.0. The van der Waals surface area contributed by atoms with Gasteiger partial charge in [0.25, 0.3) is 0 Å². The van der Waals surface area contributed by atoms with Crippen LogP contribution in [0.4, 0.5) is 11.4 Å². The number of hydrogen-bond donors (Lipinski definition) is 2. The molecule has 0 atom stereocenters. The van der Waals surface area contributed by atoms with Crippen LogP contribution in [0.25, 0.3) is 5.69 Å². The predicted octanol–water partition coefficient (Wildman–Crippen LogP) is 1.09. The summed E-state index contributed by atoms with van der Waals surface area (Å²) >= 11 is 0. The summed E-state index contributed by atoms with van der Waals surface area (Å²) in [4.78, 5) is 11.9. The van der Waals surface area contributed by atoms with Crippen molar-refractivity contribution in [1.29, 1.82) is 5.26 Å². The first-order valence-corrected chi connectivity index (χ1v) is 8.23. The van der Waals surface area contributed by atoms with Crippen LogP contribution in [0.2, 0.25) is 0 Å². The lowest BCUT2D eigenvalue weighted by Crippen LogP contribution is -2.12. The zero-order valence-corrected chi connectivity index (χ0v) is 13.2. The maximum atomic E-state index is 11.9. The van der Waals surface area contributed by atoms with Crippen molar-refractivity contribution in [3.8, 4) is 11.8 Å². The van der Waals surface area contributed by atoms with E-state index in [1.54, 1.807) is 18.2 Å². The van der Waals surface area contributed by atoms with Crippen LogP contribution in [0, 0.1) is 11.3 Å². The van der Waals surface area contributed by atoms with Gasteiger partial charge in [0.15, 0.2) is 5.69 Å². The summed E-state index contributed by atoms with van der Waals surface area (Å²) in [5.74, 6) is -0.703. The Bertz CT molecular complexity index is 909. The second kappa shape index (κ2) is 6.02. The van der Waals surface area contributed by atoms with E-state index in [-0.39, 0.29) is 16.9 Å². The molecule has 1 aromatic carbocycles. The zero-order valence-electron chi connectivity index (χ0n) is 12.4. The van der Waals surface area contributed by atoms with E-state index in [2.05, 4.69) is 9.46 Å². The van der Waals surface area contributed by atoms with Crippen molar-refractivity contribution < 1.29 is 17.9 Å². The Morgan fingerprint density at radius 2 is 2.13 bits per heavy atom. The maximum absolute atomic E-state index is 11.9. The van der Waals surface area contributed by atoms with Gasteiger partial charge in [-0.1, -0.05) is 6.07 Å². The molecule has 1 heterocycles. The first-order valence-electron chi connectivity index (χ1n) is 6.34. The van der Waals surface area contributed by atoms with Crippen molar-refractivity contribution in [2.45, 2.75) is 0 Å². The van der Waals surface area contributed by atoms with E-state index >= 15 is 0 Å². The highest BCUT2D eigenvalue weighted by Crippen LogP contribution is 2.26. The normalized spacial score (nSPS) is 10.8. The standard InChI is InChI=1S/C14H14N4O4S/c1-22-14(19)13-12(16)9(7-15)8-18(13)11-5-3-4-10(6-11)17-23(2,20)21/h3-6,8,17H,16H2,1-2H3. The Morgan fingerprint density at radius 1 is 1.43 bits per heavy atom. The van der Waals surface area contributed by atoms with Gasteiger partial charge in [-0.2, -0.15) is 5.26 Å². The summed E-state index contributed by atoms with van der Waals surface area (Å²) in [5, 5.41) is 9.08. The molecule has 0 aliphatic rings. The Morgan fingerprint density at radius 3 is 2.70 bits per heavy atom. The molecule has 23 heavy (non-hydrogen) atoms. The Hall–Kier alpha value is -2.99. The van der Waals surface area contributed by atoms with E-state index < -0.39 is 16.0 Å². The maximum Gasteiger partial charge on any atom is 0.357 e. The number of carbonyl (C=O) groups is 1. The average molecular weight is 334 g/mol. The molecule has 0 spiro atoms. The second-order valence-electron chi connectivity index (χ2n) is 4.70. The minimum Gasteiger partial charge on any atom is -0.464 e. The van der Waals surface area contributed by atoms with Gasteiger partial charge in [0, 0.05) is 11.9 Å². The van der Waals surface area contributed by atoms with Gasteiger partial charge in [0.05, 0.1) is 30.3 Å². The van der Waals surface area contributed by atoms with E-state index in [0.717, 1.165) is 6.26 Å². The number of hydrogen-bond acceptors (Lipinski definition) is 6. The van der Waals surface area contributed by atoms with Gasteiger partial charge in [0.1, 0.15) is 6.07 Å². The van der Waals surface area contributed by atoms with Crippen molar-refractivity contribution in [3.63, 3.8) is 0 Å². The molecule has 0 saturated heterocycles. The van der Waals surface area contributed by atoms with Gasteiger partial charge in [0.2, 0.25) is 10.0 Å². The molecule has 8 nitrogen and oxygen atoms in total. The number of sulfonamides is 1. The highest BCUT2D eigenvalue weighted by atomic mass is 32.2. The molecule has 120 valence electrons. The number of nitrogen functional groups attached to an aromatic ring is 1. The van der Waals surface area contributed by atoms with Crippen molar-refractivity contribution in [2.24, 2.45) is 0 Å². The number of benzene rings is 1. The number of carbonyl (C=O) groups excluding carboxylic acids is 1. The summed E-state index contributed by atoms with van der Waals surface area (Å²) in [6.07, 6.45) is 2.42. The van der Waals surface area contributed by atoms with Gasteiger partial charge >= 0.3 is 5.97 Å². The molecular formula is C14H14N4O4S. The quantitative estimate of drug-likeness (QED) is 0.806. The topological polar surface area (TPSA) is 127 Å². The van der Waals surface area contributed by atoms with Gasteiger partial charge in [-0.25, -0.2) is 13.2 Å². The number of ether oxygens (including phenoxy) is 1. The lowest BCUT2D eigenvalue weighted by atomic mass is 10.2. The number of anilines is 2. The number of nitrogens with two attached hydrogens (primary N) is 1. The Balaban J connectivity index is 2.61. The van der Waals surface area contributed by atoms with Crippen LogP contribution < -0.4 is 10.5 Å². The first-order chi connectivity index (χ1) is 10.8. The smallest absolute Gasteiger partial charge is 0.357 e. The van der Waals surface area contributed by atoms with E-state index in [9.17, 15) is 13.2 Å². The average Bonchev–Trinajstić information content (AvgIpc) is 2.82. The van der Waals surface area contributed by atoms with E-state index in [1.807, 2.05) is 6.07 Å². The molecule has 9 heteroatoms. The summed E-state index contributed by atoms with van der Waals surface area (Å²) in [6.45, 7) is 0. The summed E-state index contributed by atoms with van der Waals surface area (Å²) in [7, 11) is -2.24. The first kappa shape index (κ1) is 16.4. The molecular weight excluding hydrogens is 320 g/mol. The number of esters is 1. The van der Waals surface area contributed by atoms with Crippen LogP contribution in [-0.4, -0.2) is 32.3 Å². The van der Waals surface area contributed by atoms with Crippen LogP contribution in [0.3, 0.4) is 0 Å². The molecule has 1 aromatic heterocycles. The molecule has 2 aromatic rings. The van der Waals surface area contributed by atoms with Crippen LogP contribution >= 0.6 is 0 Å². The molecule has 0 aliphatic carbocycles. The van der Waals surface area contributed by atoms with Crippen molar-refractivity contribution in [2.75, 3.05) is 23.8 Å². The van der Waals surface area contributed by atoms with Crippen molar-refractivity contribution >= 4 is 27.4 Å². The number of nitrogens with one attached hydrogen (secondary N) is 1. The minimum atomic E-state index is -3.44. The van der Waals surface area contributed by atoms with Crippen LogP contribution in [-0.2, 0) is 14.8 Å². The highest BCUT2D eigenvalue weighted by Gasteiger charge is 2.21. The molecule has 0 fully saturated rings. The van der Waals surface area contributed by atoms with Gasteiger partial charge in [-0.05, 0) is 18.2 Å². The van der Waals surface area contributed by atoms with Crippen molar-refractivity contribution in [1.82, 2.24) is 4.57 Å². The fourth-order valence-corrected chi connectivity index (χ4v) is 2.61. The highest BCUT2D eigenvalue weighted by molar-refractivity contribution is 7.92. The number of nitrogens with zero attached hydrogens (tertiary/aromatic N) is 2. The third-order valence-electron chi connectivity index (χ3n) is 2.97. The third kappa shape index (κ3) is 3.44. The zero-order chi connectivity index (χ0) is 17.2. The summed E-state index contributed by atoms with van der Waals surface area (Å²) in [5.41, 5.74) is 6.69. The molecule has 2 rings (SSSR count). The predicted molar refractivity (Wildman–Crippen MR) is 84.7 cm³/mol. The Labute approximate surface area is 133 Å².